The third kappa shape index (κ3) is 4.65. The van der Waals surface area contributed by atoms with Gasteiger partial charge in [-0.05, 0) is 42.3 Å². The van der Waals surface area contributed by atoms with Crippen molar-refractivity contribution in [3.63, 3.8) is 0 Å². The summed E-state index contributed by atoms with van der Waals surface area (Å²) in [5, 5.41) is 0. The number of benzene rings is 3. The van der Waals surface area contributed by atoms with Crippen molar-refractivity contribution in [1.29, 1.82) is 0 Å². The minimum Gasteiger partial charge on any atom is -0.484 e. The number of hydrogen-bond acceptors (Lipinski definition) is 3. The highest BCUT2D eigenvalue weighted by Gasteiger charge is 2.23. The maximum atomic E-state index is 12.8. The van der Waals surface area contributed by atoms with Gasteiger partial charge < -0.3 is 9.64 Å². The highest BCUT2D eigenvalue weighted by Crippen LogP contribution is 2.27. The summed E-state index contributed by atoms with van der Waals surface area (Å²) in [5.74, 6) is 0.423. The Kier molecular flexibility index (Phi) is 6.22. The minimum absolute atomic E-state index is 0.00377. The quantitative estimate of drug-likeness (QED) is 0.572. The smallest absolute Gasteiger partial charge is 0.261 e. The molecular weight excluding hydrogens is 350 g/mol. The van der Waals surface area contributed by atoms with Gasteiger partial charge >= 0.3 is 0 Å². The third-order valence-corrected chi connectivity index (χ3v) is 4.63. The molecule has 0 unspecified atom stereocenters. The maximum absolute atomic E-state index is 12.8. The summed E-state index contributed by atoms with van der Waals surface area (Å²) in [7, 11) is 1.79. The summed E-state index contributed by atoms with van der Waals surface area (Å²) in [6.07, 6.45) is 0. The number of carbonyl (C=O) groups excluding carboxylic acids is 2. The Morgan fingerprint density at radius 3 is 1.79 bits per heavy atom. The van der Waals surface area contributed by atoms with Crippen molar-refractivity contribution in [2.24, 2.45) is 0 Å². The molecule has 0 aliphatic carbocycles. The predicted molar refractivity (Wildman–Crippen MR) is 109 cm³/mol. The van der Waals surface area contributed by atoms with Crippen LogP contribution in [0.4, 0.5) is 0 Å². The monoisotopic (exact) mass is 373 g/mol. The molecule has 0 saturated carbocycles. The van der Waals surface area contributed by atoms with Crippen molar-refractivity contribution in [1.82, 2.24) is 4.90 Å². The molecule has 4 heteroatoms. The van der Waals surface area contributed by atoms with E-state index < -0.39 is 0 Å². The predicted octanol–water partition coefficient (Wildman–Crippen LogP) is 4.52. The van der Waals surface area contributed by atoms with Crippen molar-refractivity contribution in [2.75, 3.05) is 13.7 Å². The Bertz CT molecular complexity index is 882. The van der Waals surface area contributed by atoms with Crippen LogP contribution < -0.4 is 4.74 Å². The Hall–Kier alpha value is -3.40. The van der Waals surface area contributed by atoms with Gasteiger partial charge in [0.15, 0.2) is 12.4 Å². The lowest BCUT2D eigenvalue weighted by Crippen LogP contribution is -2.35. The molecule has 0 radical (unpaired) electrons. The van der Waals surface area contributed by atoms with Crippen LogP contribution in [0.3, 0.4) is 0 Å². The van der Waals surface area contributed by atoms with Gasteiger partial charge in [0.2, 0.25) is 0 Å². The standard InChI is InChI=1S/C24H23NO3/c1-18(26)19-13-15-22(16-14-19)28-17-23(27)25(2)24(20-9-5-3-6-10-20)21-11-7-4-8-12-21/h3-16,24H,17H2,1-2H3. The van der Waals surface area contributed by atoms with Crippen molar-refractivity contribution in [2.45, 2.75) is 13.0 Å². The fourth-order valence-electron chi connectivity index (χ4n) is 3.09. The van der Waals surface area contributed by atoms with E-state index in [1.807, 2.05) is 60.7 Å². The van der Waals surface area contributed by atoms with E-state index in [0.29, 0.717) is 11.3 Å². The van der Waals surface area contributed by atoms with Crippen molar-refractivity contribution in [3.05, 3.63) is 102 Å². The molecule has 0 atom stereocenters. The summed E-state index contributed by atoms with van der Waals surface area (Å²) >= 11 is 0. The number of rotatable bonds is 7. The Morgan fingerprint density at radius 1 is 0.821 bits per heavy atom. The maximum Gasteiger partial charge on any atom is 0.261 e. The van der Waals surface area contributed by atoms with E-state index in [4.69, 9.17) is 4.74 Å². The highest BCUT2D eigenvalue weighted by atomic mass is 16.5. The van der Waals surface area contributed by atoms with Crippen molar-refractivity contribution >= 4 is 11.7 Å². The number of ether oxygens (including phenoxy) is 1. The summed E-state index contributed by atoms with van der Waals surface area (Å²) in [6.45, 7) is 1.44. The van der Waals surface area contributed by atoms with Crippen LogP contribution in [0.5, 0.6) is 5.75 Å². The lowest BCUT2D eigenvalue weighted by Gasteiger charge is -2.29. The zero-order chi connectivity index (χ0) is 19.9. The Labute approximate surface area is 165 Å². The Balaban J connectivity index is 1.74. The summed E-state index contributed by atoms with van der Waals surface area (Å²) in [5.41, 5.74) is 2.69. The van der Waals surface area contributed by atoms with Crippen LogP contribution in [-0.2, 0) is 4.79 Å². The van der Waals surface area contributed by atoms with Gasteiger partial charge in [0.25, 0.3) is 5.91 Å². The molecular formula is C24H23NO3. The van der Waals surface area contributed by atoms with Gasteiger partial charge in [-0.3, -0.25) is 9.59 Å². The van der Waals surface area contributed by atoms with Crippen molar-refractivity contribution < 1.29 is 14.3 Å². The van der Waals surface area contributed by atoms with E-state index in [9.17, 15) is 9.59 Å². The first-order valence-electron chi connectivity index (χ1n) is 9.15. The molecule has 1 amide bonds. The zero-order valence-electron chi connectivity index (χ0n) is 16.0. The number of likely N-dealkylation sites (N-methyl/N-ethyl adjacent to an activating group) is 1. The number of Topliss-reactive ketones (excluding diaryl/α,β-unsaturated/α-hetero) is 1. The number of carbonyl (C=O) groups is 2. The minimum atomic E-state index is -0.196. The second kappa shape index (κ2) is 9.00. The molecule has 28 heavy (non-hydrogen) atoms. The molecule has 142 valence electrons. The van der Waals surface area contributed by atoms with Gasteiger partial charge in [0, 0.05) is 12.6 Å². The molecule has 0 N–H and O–H groups in total. The van der Waals surface area contributed by atoms with E-state index in [2.05, 4.69) is 0 Å². The average molecular weight is 373 g/mol. The topological polar surface area (TPSA) is 46.6 Å². The molecule has 3 aromatic rings. The van der Waals surface area contributed by atoms with Gasteiger partial charge in [-0.1, -0.05) is 60.7 Å². The average Bonchev–Trinajstić information content (AvgIpc) is 2.74. The van der Waals surface area contributed by atoms with Crippen LogP contribution in [0.1, 0.15) is 34.5 Å². The third-order valence-electron chi connectivity index (χ3n) is 4.63. The van der Waals surface area contributed by atoms with E-state index in [0.717, 1.165) is 11.1 Å². The largest absolute Gasteiger partial charge is 0.484 e. The van der Waals surface area contributed by atoms with Gasteiger partial charge in [-0.25, -0.2) is 0 Å². The van der Waals surface area contributed by atoms with Crippen LogP contribution in [0.2, 0.25) is 0 Å². The molecule has 0 aromatic heterocycles. The summed E-state index contributed by atoms with van der Waals surface area (Å²) in [6, 6.07) is 26.5. The number of nitrogens with zero attached hydrogens (tertiary/aromatic N) is 1. The first kappa shape index (κ1) is 19.4. The fourth-order valence-corrected chi connectivity index (χ4v) is 3.09. The normalized spacial score (nSPS) is 10.5. The van der Waals surface area contributed by atoms with Crippen LogP contribution >= 0.6 is 0 Å². The summed E-state index contributed by atoms with van der Waals surface area (Å²) in [4.78, 5) is 25.9. The molecule has 3 rings (SSSR count). The fraction of sp³-hybridized carbons (Fsp3) is 0.167. The van der Waals surface area contributed by atoms with Gasteiger partial charge in [-0.15, -0.1) is 0 Å². The van der Waals surface area contributed by atoms with E-state index in [1.54, 1.807) is 36.2 Å². The van der Waals surface area contributed by atoms with Gasteiger partial charge in [-0.2, -0.15) is 0 Å². The molecule has 0 aliphatic rings. The second-order valence-corrected chi connectivity index (χ2v) is 6.60. The molecule has 0 aliphatic heterocycles. The van der Waals surface area contributed by atoms with Crippen LogP contribution in [0, 0.1) is 0 Å². The molecule has 0 saturated heterocycles. The molecule has 0 spiro atoms. The first-order valence-corrected chi connectivity index (χ1v) is 9.15. The molecule has 0 heterocycles. The second-order valence-electron chi connectivity index (χ2n) is 6.60. The van der Waals surface area contributed by atoms with E-state index >= 15 is 0 Å². The lowest BCUT2D eigenvalue weighted by molar-refractivity contribution is -0.133. The summed E-state index contributed by atoms with van der Waals surface area (Å²) < 4.78 is 5.64. The number of hydrogen-bond donors (Lipinski definition) is 0. The number of ketones is 1. The zero-order valence-corrected chi connectivity index (χ0v) is 16.0. The Morgan fingerprint density at radius 2 is 1.32 bits per heavy atom. The van der Waals surface area contributed by atoms with Gasteiger partial charge in [0.1, 0.15) is 5.75 Å². The SMILES string of the molecule is CC(=O)c1ccc(OCC(=O)N(C)C(c2ccccc2)c2ccccc2)cc1. The van der Waals surface area contributed by atoms with Crippen LogP contribution in [0.15, 0.2) is 84.9 Å². The van der Waals surface area contributed by atoms with Crippen LogP contribution in [-0.4, -0.2) is 30.2 Å². The van der Waals surface area contributed by atoms with Gasteiger partial charge in [0.05, 0.1) is 6.04 Å². The van der Waals surface area contributed by atoms with E-state index in [-0.39, 0.29) is 24.3 Å². The van der Waals surface area contributed by atoms with Crippen LogP contribution in [0.25, 0.3) is 0 Å². The number of amides is 1. The van der Waals surface area contributed by atoms with E-state index in [1.165, 1.54) is 6.92 Å². The van der Waals surface area contributed by atoms with Crippen molar-refractivity contribution in [3.8, 4) is 5.75 Å². The molecule has 3 aromatic carbocycles. The molecule has 0 fully saturated rings. The highest BCUT2D eigenvalue weighted by molar-refractivity contribution is 5.94. The first-order chi connectivity index (χ1) is 13.6. The lowest BCUT2D eigenvalue weighted by atomic mass is 9.97. The molecule has 0 bridgehead atoms. The molecule has 4 nitrogen and oxygen atoms in total.